The van der Waals surface area contributed by atoms with Gasteiger partial charge in [-0.25, -0.2) is 9.07 Å². The predicted octanol–water partition coefficient (Wildman–Crippen LogP) is 4.18. The molecule has 6 heteroatoms. The van der Waals surface area contributed by atoms with E-state index in [0.29, 0.717) is 11.4 Å². The maximum atomic E-state index is 14.3. The van der Waals surface area contributed by atoms with Crippen LogP contribution in [-0.4, -0.2) is 15.7 Å². The molecule has 1 aromatic heterocycles. The Morgan fingerprint density at radius 2 is 1.80 bits per heavy atom. The summed E-state index contributed by atoms with van der Waals surface area (Å²) in [4.78, 5) is 25.5. The molecule has 30 heavy (non-hydrogen) atoms. The Bertz CT molecular complexity index is 1380. The van der Waals surface area contributed by atoms with E-state index in [1.807, 2.05) is 24.3 Å². The molecule has 0 saturated carbocycles. The van der Waals surface area contributed by atoms with E-state index in [2.05, 4.69) is 16.5 Å². The summed E-state index contributed by atoms with van der Waals surface area (Å²) < 4.78 is 15.5. The summed E-state index contributed by atoms with van der Waals surface area (Å²) in [5.74, 6) is -1.11. The lowest BCUT2D eigenvalue weighted by Gasteiger charge is -2.13. The van der Waals surface area contributed by atoms with Crippen LogP contribution in [0.2, 0.25) is 0 Å². The van der Waals surface area contributed by atoms with Gasteiger partial charge in [0.2, 0.25) is 5.43 Å². The van der Waals surface area contributed by atoms with Gasteiger partial charge in [0, 0.05) is 22.8 Å². The van der Waals surface area contributed by atoms with Gasteiger partial charge in [-0.3, -0.25) is 9.59 Å². The number of hydrogen-bond donors (Lipinski definition) is 1. The smallest absolute Gasteiger partial charge is 0.280 e. The third kappa shape index (κ3) is 2.88. The Hall–Kier alpha value is -3.80. The molecule has 0 atom stereocenters. The second kappa shape index (κ2) is 6.91. The Morgan fingerprint density at radius 1 is 1.03 bits per heavy atom. The minimum atomic E-state index is -0.621. The molecule has 4 aromatic rings. The maximum Gasteiger partial charge on any atom is 0.280 e. The third-order valence-electron chi connectivity index (χ3n) is 5.53. The van der Waals surface area contributed by atoms with Crippen molar-refractivity contribution in [2.24, 2.45) is 0 Å². The topological polar surface area (TPSA) is 64.0 Å². The molecule has 1 aliphatic carbocycles. The van der Waals surface area contributed by atoms with Crippen LogP contribution in [0, 0.1) is 12.7 Å². The van der Waals surface area contributed by atoms with Crippen molar-refractivity contribution in [2.75, 3.05) is 5.32 Å². The molecule has 1 aliphatic rings. The number of rotatable bonds is 3. The van der Waals surface area contributed by atoms with Crippen LogP contribution in [0.1, 0.15) is 27.3 Å². The van der Waals surface area contributed by atoms with Crippen molar-refractivity contribution in [1.82, 2.24) is 9.78 Å². The molecule has 148 valence electrons. The molecule has 0 radical (unpaired) electrons. The second-order valence-corrected chi connectivity index (χ2v) is 7.43. The molecular weight excluding hydrogens is 381 g/mol. The normalized spacial score (nSPS) is 12.3. The van der Waals surface area contributed by atoms with Crippen molar-refractivity contribution in [3.8, 4) is 5.69 Å². The van der Waals surface area contributed by atoms with E-state index in [1.54, 1.807) is 25.1 Å². The Morgan fingerprint density at radius 3 is 2.60 bits per heavy atom. The quantitative estimate of drug-likeness (QED) is 0.562. The number of hydrogen-bond acceptors (Lipinski definition) is 3. The van der Waals surface area contributed by atoms with Crippen LogP contribution in [0.15, 0.2) is 65.5 Å². The van der Waals surface area contributed by atoms with Gasteiger partial charge in [-0.05, 0) is 54.5 Å². The largest absolute Gasteiger partial charge is 0.320 e. The second-order valence-electron chi connectivity index (χ2n) is 7.43. The van der Waals surface area contributed by atoms with Gasteiger partial charge in [0.15, 0.2) is 5.69 Å². The molecule has 3 aromatic carbocycles. The van der Waals surface area contributed by atoms with E-state index >= 15 is 0 Å². The first-order chi connectivity index (χ1) is 14.5. The number of benzene rings is 3. The van der Waals surface area contributed by atoms with Gasteiger partial charge < -0.3 is 5.32 Å². The monoisotopic (exact) mass is 399 g/mol. The van der Waals surface area contributed by atoms with Gasteiger partial charge in [0.05, 0.1) is 0 Å². The first kappa shape index (κ1) is 18.2. The number of carbonyl (C=O) groups excluding carboxylic acids is 1. The summed E-state index contributed by atoms with van der Waals surface area (Å²) in [6, 6.07) is 17.3. The minimum Gasteiger partial charge on any atom is -0.320 e. The fraction of sp³-hybridized carbons (Fsp3) is 0.125. The lowest BCUT2D eigenvalue weighted by atomic mass is 10.0. The number of aromatic nitrogens is 2. The van der Waals surface area contributed by atoms with E-state index in [9.17, 15) is 14.0 Å². The molecule has 0 unspecified atom stereocenters. The minimum absolute atomic E-state index is 0.175. The standard InChI is InChI=1S/C24H18FN3O2/c1-14-13-21(29)23(27-28(14)20-8-3-2-7-18(20)25)24(30)26-19-12-11-16-10-9-15-5-4-6-17(19)22(15)16/h2-8,11-13H,9-10H2,1H3,(H,26,30). The SMILES string of the molecule is Cc1cc(=O)c(C(=O)Nc2ccc3c4c(cccc24)CC3)nn1-c1ccccc1F. The van der Waals surface area contributed by atoms with Gasteiger partial charge >= 0.3 is 0 Å². The van der Waals surface area contributed by atoms with Crippen molar-refractivity contribution in [3.63, 3.8) is 0 Å². The predicted molar refractivity (Wildman–Crippen MR) is 114 cm³/mol. The summed E-state index contributed by atoms with van der Waals surface area (Å²) in [6.45, 7) is 1.64. The van der Waals surface area contributed by atoms with E-state index in [1.165, 1.54) is 27.9 Å². The summed E-state index contributed by atoms with van der Waals surface area (Å²) in [5.41, 5.74) is 2.96. The van der Waals surface area contributed by atoms with Crippen molar-refractivity contribution in [1.29, 1.82) is 0 Å². The molecule has 1 amide bonds. The third-order valence-corrected chi connectivity index (χ3v) is 5.53. The fourth-order valence-electron chi connectivity index (χ4n) is 4.11. The van der Waals surface area contributed by atoms with E-state index < -0.39 is 17.2 Å². The summed E-state index contributed by atoms with van der Waals surface area (Å²) >= 11 is 0. The fourth-order valence-corrected chi connectivity index (χ4v) is 4.11. The van der Waals surface area contributed by atoms with E-state index in [4.69, 9.17) is 0 Å². The van der Waals surface area contributed by atoms with E-state index in [0.717, 1.165) is 23.6 Å². The Labute approximate surface area is 171 Å². The molecular formula is C24H18FN3O2. The number of anilines is 1. The number of nitrogens with zero attached hydrogens (tertiary/aromatic N) is 2. The van der Waals surface area contributed by atoms with Crippen molar-refractivity contribution in [2.45, 2.75) is 19.8 Å². The molecule has 0 spiro atoms. The summed E-state index contributed by atoms with van der Waals surface area (Å²) in [7, 11) is 0. The first-order valence-electron chi connectivity index (χ1n) is 9.73. The lowest BCUT2D eigenvalue weighted by Crippen LogP contribution is -2.27. The van der Waals surface area contributed by atoms with Gasteiger partial charge in [-0.1, -0.05) is 36.4 Å². The summed E-state index contributed by atoms with van der Waals surface area (Å²) in [5, 5.41) is 9.11. The highest BCUT2D eigenvalue weighted by Crippen LogP contribution is 2.35. The molecule has 1 heterocycles. The average Bonchev–Trinajstić information content (AvgIpc) is 3.15. The zero-order chi connectivity index (χ0) is 20.8. The van der Waals surface area contributed by atoms with Crippen LogP contribution in [0.4, 0.5) is 10.1 Å². The van der Waals surface area contributed by atoms with Crippen molar-refractivity contribution >= 4 is 22.4 Å². The lowest BCUT2D eigenvalue weighted by molar-refractivity contribution is 0.101. The van der Waals surface area contributed by atoms with Crippen LogP contribution < -0.4 is 10.7 Å². The highest BCUT2D eigenvalue weighted by molar-refractivity contribution is 6.09. The maximum absolute atomic E-state index is 14.3. The number of nitrogens with one attached hydrogen (secondary N) is 1. The van der Waals surface area contributed by atoms with Crippen molar-refractivity contribution in [3.05, 3.63) is 99.2 Å². The Kier molecular flexibility index (Phi) is 4.20. The molecule has 5 rings (SSSR count). The molecule has 0 fully saturated rings. The summed E-state index contributed by atoms with van der Waals surface area (Å²) in [6.07, 6.45) is 1.97. The zero-order valence-electron chi connectivity index (χ0n) is 16.3. The van der Waals surface area contributed by atoms with Gasteiger partial charge in [-0.15, -0.1) is 0 Å². The zero-order valence-corrected chi connectivity index (χ0v) is 16.3. The number of carbonyl (C=O) groups is 1. The molecule has 0 saturated heterocycles. The highest BCUT2D eigenvalue weighted by Gasteiger charge is 2.20. The van der Waals surface area contributed by atoms with Crippen LogP contribution >= 0.6 is 0 Å². The Balaban J connectivity index is 1.57. The molecule has 5 nitrogen and oxygen atoms in total. The van der Waals surface area contributed by atoms with Gasteiger partial charge in [0.25, 0.3) is 5.91 Å². The number of aryl methyl sites for hydroxylation is 3. The molecule has 1 N–H and O–H groups in total. The number of para-hydroxylation sites is 1. The van der Waals surface area contributed by atoms with Crippen LogP contribution in [0.3, 0.4) is 0 Å². The van der Waals surface area contributed by atoms with E-state index in [-0.39, 0.29) is 11.4 Å². The molecule has 0 aliphatic heterocycles. The highest BCUT2D eigenvalue weighted by atomic mass is 19.1. The number of halogens is 1. The van der Waals surface area contributed by atoms with Crippen LogP contribution in [0.5, 0.6) is 0 Å². The first-order valence-corrected chi connectivity index (χ1v) is 9.73. The number of amides is 1. The van der Waals surface area contributed by atoms with Crippen LogP contribution in [-0.2, 0) is 12.8 Å². The average molecular weight is 399 g/mol. The van der Waals surface area contributed by atoms with Gasteiger partial charge in [0.1, 0.15) is 11.5 Å². The van der Waals surface area contributed by atoms with Gasteiger partial charge in [-0.2, -0.15) is 5.10 Å². The van der Waals surface area contributed by atoms with Crippen LogP contribution in [0.25, 0.3) is 16.5 Å². The molecule has 0 bridgehead atoms. The van der Waals surface area contributed by atoms with Crippen molar-refractivity contribution < 1.29 is 9.18 Å².